The van der Waals surface area contributed by atoms with E-state index in [-0.39, 0.29) is 0 Å². The summed E-state index contributed by atoms with van der Waals surface area (Å²) in [5.41, 5.74) is 0. The zero-order chi connectivity index (χ0) is 12.1. The number of hydrogen-bond acceptors (Lipinski definition) is 3. The molecule has 1 heterocycles. The van der Waals surface area contributed by atoms with Crippen LogP contribution in [-0.4, -0.2) is 49.3 Å². The van der Waals surface area contributed by atoms with Crippen molar-refractivity contribution in [3.63, 3.8) is 0 Å². The minimum atomic E-state index is 0.479. The zero-order valence-corrected chi connectivity index (χ0v) is 11.5. The fraction of sp³-hybridized carbons (Fsp3) is 1.00. The summed E-state index contributed by atoms with van der Waals surface area (Å²) in [6, 6.07) is 1.55. The van der Waals surface area contributed by atoms with Gasteiger partial charge in [0, 0.05) is 25.2 Å². The molecule has 1 saturated heterocycles. The summed E-state index contributed by atoms with van der Waals surface area (Å²) in [5, 5.41) is 3.61. The Balaban J connectivity index is 1.63. The van der Waals surface area contributed by atoms with Crippen molar-refractivity contribution in [1.82, 2.24) is 10.2 Å². The zero-order valence-electron chi connectivity index (χ0n) is 11.5. The van der Waals surface area contributed by atoms with Gasteiger partial charge in [0.1, 0.15) is 0 Å². The van der Waals surface area contributed by atoms with Crippen LogP contribution < -0.4 is 5.32 Å². The van der Waals surface area contributed by atoms with Crippen LogP contribution in [0.4, 0.5) is 0 Å². The standard InChI is InChI=1S/C14H28N2O/c1-3-17-14-5-4-10-16(11-14)12(2)8-9-15-13-6-7-13/h12-15H,3-11H2,1-2H3. The van der Waals surface area contributed by atoms with E-state index < -0.39 is 0 Å². The van der Waals surface area contributed by atoms with Crippen LogP contribution in [0.2, 0.25) is 0 Å². The number of piperidine rings is 1. The lowest BCUT2D eigenvalue weighted by Crippen LogP contribution is -2.45. The molecule has 1 aliphatic heterocycles. The summed E-state index contributed by atoms with van der Waals surface area (Å²) in [5.74, 6) is 0. The van der Waals surface area contributed by atoms with E-state index in [2.05, 4.69) is 24.1 Å². The van der Waals surface area contributed by atoms with Crippen molar-refractivity contribution in [2.45, 2.75) is 64.1 Å². The van der Waals surface area contributed by atoms with Gasteiger partial charge in [0.2, 0.25) is 0 Å². The lowest BCUT2D eigenvalue weighted by atomic mass is 10.0. The third kappa shape index (κ3) is 4.57. The average molecular weight is 240 g/mol. The van der Waals surface area contributed by atoms with Gasteiger partial charge in [0.15, 0.2) is 0 Å². The first-order valence-corrected chi connectivity index (χ1v) is 7.38. The largest absolute Gasteiger partial charge is 0.377 e. The van der Waals surface area contributed by atoms with Gasteiger partial charge in [-0.15, -0.1) is 0 Å². The number of nitrogens with zero attached hydrogens (tertiary/aromatic N) is 1. The molecule has 2 unspecified atom stereocenters. The highest BCUT2D eigenvalue weighted by Crippen LogP contribution is 2.20. The molecule has 1 N–H and O–H groups in total. The summed E-state index contributed by atoms with van der Waals surface area (Å²) in [6.45, 7) is 8.90. The lowest BCUT2D eigenvalue weighted by Gasteiger charge is -2.36. The predicted molar refractivity (Wildman–Crippen MR) is 71.3 cm³/mol. The highest BCUT2D eigenvalue weighted by atomic mass is 16.5. The number of ether oxygens (including phenoxy) is 1. The number of nitrogens with one attached hydrogen (secondary N) is 1. The van der Waals surface area contributed by atoms with E-state index >= 15 is 0 Å². The molecule has 1 saturated carbocycles. The second-order valence-corrected chi connectivity index (χ2v) is 5.58. The van der Waals surface area contributed by atoms with Crippen LogP contribution in [0, 0.1) is 0 Å². The van der Waals surface area contributed by atoms with Gasteiger partial charge in [0.25, 0.3) is 0 Å². The normalized spacial score (nSPS) is 28.2. The first kappa shape index (κ1) is 13.3. The smallest absolute Gasteiger partial charge is 0.0702 e. The molecule has 100 valence electrons. The summed E-state index contributed by atoms with van der Waals surface area (Å²) in [7, 11) is 0. The minimum Gasteiger partial charge on any atom is -0.377 e. The molecule has 2 atom stereocenters. The molecule has 0 amide bonds. The number of rotatable bonds is 7. The molecule has 17 heavy (non-hydrogen) atoms. The minimum absolute atomic E-state index is 0.479. The van der Waals surface area contributed by atoms with Crippen molar-refractivity contribution in [3.8, 4) is 0 Å². The molecule has 0 aromatic carbocycles. The van der Waals surface area contributed by atoms with Crippen LogP contribution in [0.15, 0.2) is 0 Å². The summed E-state index contributed by atoms with van der Waals surface area (Å²) in [4.78, 5) is 2.61. The van der Waals surface area contributed by atoms with Gasteiger partial charge in [-0.2, -0.15) is 0 Å². The molecule has 0 radical (unpaired) electrons. The van der Waals surface area contributed by atoms with E-state index in [9.17, 15) is 0 Å². The predicted octanol–water partition coefficient (Wildman–Crippen LogP) is 2.02. The maximum absolute atomic E-state index is 5.76. The van der Waals surface area contributed by atoms with Crippen molar-refractivity contribution in [3.05, 3.63) is 0 Å². The van der Waals surface area contributed by atoms with Crippen molar-refractivity contribution < 1.29 is 4.74 Å². The first-order valence-electron chi connectivity index (χ1n) is 7.38. The fourth-order valence-corrected chi connectivity index (χ4v) is 2.70. The SMILES string of the molecule is CCOC1CCCN(C(C)CCNC2CC2)C1. The first-order chi connectivity index (χ1) is 8.29. The molecule has 1 aliphatic carbocycles. The van der Waals surface area contributed by atoms with Gasteiger partial charge < -0.3 is 10.1 Å². The summed E-state index contributed by atoms with van der Waals surface area (Å²) in [6.07, 6.45) is 7.08. The van der Waals surface area contributed by atoms with Crippen molar-refractivity contribution in [2.24, 2.45) is 0 Å². The van der Waals surface area contributed by atoms with E-state index in [4.69, 9.17) is 4.74 Å². The highest BCUT2D eigenvalue weighted by Gasteiger charge is 2.24. The molecule has 0 bridgehead atoms. The van der Waals surface area contributed by atoms with Crippen LogP contribution in [0.25, 0.3) is 0 Å². The Morgan fingerprint density at radius 3 is 2.88 bits per heavy atom. The van der Waals surface area contributed by atoms with Gasteiger partial charge in [-0.25, -0.2) is 0 Å². The summed E-state index contributed by atoms with van der Waals surface area (Å²) >= 11 is 0. The monoisotopic (exact) mass is 240 g/mol. The molecular formula is C14H28N2O. The van der Waals surface area contributed by atoms with Gasteiger partial charge in [-0.05, 0) is 59.0 Å². The highest BCUT2D eigenvalue weighted by molar-refractivity contribution is 4.82. The Morgan fingerprint density at radius 2 is 2.18 bits per heavy atom. The summed E-state index contributed by atoms with van der Waals surface area (Å²) < 4.78 is 5.76. The molecule has 2 aliphatic rings. The van der Waals surface area contributed by atoms with Crippen molar-refractivity contribution in [2.75, 3.05) is 26.2 Å². The van der Waals surface area contributed by atoms with Crippen LogP contribution in [0.5, 0.6) is 0 Å². The van der Waals surface area contributed by atoms with Crippen LogP contribution in [0.1, 0.15) is 46.0 Å². The van der Waals surface area contributed by atoms with Crippen LogP contribution in [-0.2, 0) is 4.74 Å². The molecule has 3 heteroatoms. The second kappa shape index (κ2) is 6.72. The van der Waals surface area contributed by atoms with Gasteiger partial charge >= 0.3 is 0 Å². The molecular weight excluding hydrogens is 212 g/mol. The fourth-order valence-electron chi connectivity index (χ4n) is 2.70. The van der Waals surface area contributed by atoms with E-state index in [1.54, 1.807) is 0 Å². The second-order valence-electron chi connectivity index (χ2n) is 5.58. The maximum atomic E-state index is 5.76. The topological polar surface area (TPSA) is 24.5 Å². The molecule has 0 aromatic heterocycles. The van der Waals surface area contributed by atoms with E-state index in [0.717, 1.165) is 19.2 Å². The van der Waals surface area contributed by atoms with Crippen molar-refractivity contribution in [1.29, 1.82) is 0 Å². The molecule has 3 nitrogen and oxygen atoms in total. The molecule has 2 rings (SSSR count). The van der Waals surface area contributed by atoms with E-state index in [1.807, 2.05) is 0 Å². The van der Waals surface area contributed by atoms with Gasteiger partial charge in [-0.3, -0.25) is 4.90 Å². The Hall–Kier alpha value is -0.120. The number of likely N-dealkylation sites (tertiary alicyclic amines) is 1. The quantitative estimate of drug-likeness (QED) is 0.737. The Morgan fingerprint density at radius 1 is 1.35 bits per heavy atom. The molecule has 0 spiro atoms. The Labute approximate surface area is 106 Å². The van der Waals surface area contributed by atoms with Crippen LogP contribution in [0.3, 0.4) is 0 Å². The van der Waals surface area contributed by atoms with Crippen molar-refractivity contribution >= 4 is 0 Å². The van der Waals surface area contributed by atoms with Crippen LogP contribution >= 0.6 is 0 Å². The average Bonchev–Trinajstić information content (AvgIpc) is 3.14. The lowest BCUT2D eigenvalue weighted by molar-refractivity contribution is -0.00595. The Bertz CT molecular complexity index is 216. The van der Waals surface area contributed by atoms with Gasteiger partial charge in [-0.1, -0.05) is 0 Å². The molecule has 2 fully saturated rings. The van der Waals surface area contributed by atoms with E-state index in [1.165, 1.54) is 45.2 Å². The third-order valence-corrected chi connectivity index (χ3v) is 4.01. The Kier molecular flexibility index (Phi) is 5.26. The van der Waals surface area contributed by atoms with Gasteiger partial charge in [0.05, 0.1) is 6.10 Å². The third-order valence-electron chi connectivity index (χ3n) is 4.01. The number of hydrogen-bond donors (Lipinski definition) is 1. The maximum Gasteiger partial charge on any atom is 0.0702 e. The molecule has 0 aromatic rings. The van der Waals surface area contributed by atoms with E-state index in [0.29, 0.717) is 12.1 Å².